The van der Waals surface area contributed by atoms with Gasteiger partial charge in [-0.1, -0.05) is 30.4 Å². The lowest BCUT2D eigenvalue weighted by Gasteiger charge is -2.16. The number of hydrogen-bond donors (Lipinski definition) is 2. The zero-order valence-electron chi connectivity index (χ0n) is 8.72. The molecule has 1 unspecified atom stereocenters. The highest BCUT2D eigenvalue weighted by atomic mass is 16.3. The molecule has 2 N–H and O–H groups in total. The van der Waals surface area contributed by atoms with E-state index in [9.17, 15) is 10.2 Å². The van der Waals surface area contributed by atoms with Gasteiger partial charge >= 0.3 is 0 Å². The summed E-state index contributed by atoms with van der Waals surface area (Å²) in [5.74, 6) is 0.285. The van der Waals surface area contributed by atoms with Crippen molar-refractivity contribution in [2.75, 3.05) is 0 Å². The Balaban J connectivity index is 2.31. The normalized spacial score (nSPS) is 18.7. The number of aromatic hydroxyl groups is 1. The van der Waals surface area contributed by atoms with Crippen LogP contribution in [0, 0.1) is 0 Å². The lowest BCUT2D eigenvalue weighted by molar-refractivity contribution is 0.223. The first-order valence-corrected chi connectivity index (χ1v) is 5.35. The van der Waals surface area contributed by atoms with E-state index in [1.165, 1.54) is 0 Å². The van der Waals surface area contributed by atoms with E-state index in [0.29, 0.717) is 6.42 Å². The third-order valence-corrected chi connectivity index (χ3v) is 3.05. The fourth-order valence-electron chi connectivity index (χ4n) is 2.26. The van der Waals surface area contributed by atoms with Crippen LogP contribution in [0.3, 0.4) is 0 Å². The molecule has 2 aromatic carbocycles. The van der Waals surface area contributed by atoms with E-state index in [-0.39, 0.29) is 11.9 Å². The van der Waals surface area contributed by atoms with Gasteiger partial charge in [-0.15, -0.1) is 0 Å². The molecule has 0 saturated heterocycles. The summed E-state index contributed by atoms with van der Waals surface area (Å²) in [5, 5.41) is 21.1. The van der Waals surface area contributed by atoms with Crippen LogP contribution in [-0.2, 0) is 6.42 Å². The van der Waals surface area contributed by atoms with Gasteiger partial charge in [0.05, 0.1) is 6.10 Å². The van der Waals surface area contributed by atoms with Gasteiger partial charge in [-0.05, 0) is 34.0 Å². The van der Waals surface area contributed by atoms with Gasteiger partial charge in [-0.3, -0.25) is 0 Å². The maximum Gasteiger partial charge on any atom is 0.116 e. The summed E-state index contributed by atoms with van der Waals surface area (Å²) in [4.78, 5) is 0. The second-order valence-corrected chi connectivity index (χ2v) is 4.17. The Morgan fingerprint density at radius 1 is 1.12 bits per heavy atom. The number of phenolic OH excluding ortho intramolecular Hbond substituents is 1. The van der Waals surface area contributed by atoms with Gasteiger partial charge in [0.1, 0.15) is 5.75 Å². The van der Waals surface area contributed by atoms with Gasteiger partial charge in [0.15, 0.2) is 0 Å². The van der Waals surface area contributed by atoms with E-state index in [2.05, 4.69) is 0 Å². The number of benzene rings is 2. The Hall–Kier alpha value is -1.80. The van der Waals surface area contributed by atoms with Crippen LogP contribution >= 0.6 is 0 Å². The average molecular weight is 212 g/mol. The van der Waals surface area contributed by atoms with Crippen LogP contribution in [0.5, 0.6) is 5.75 Å². The Bertz CT molecular complexity index is 585. The molecule has 3 rings (SSSR count). The van der Waals surface area contributed by atoms with Gasteiger partial charge in [0.25, 0.3) is 0 Å². The molecule has 0 bridgehead atoms. The van der Waals surface area contributed by atoms with Gasteiger partial charge in [-0.25, -0.2) is 0 Å². The van der Waals surface area contributed by atoms with Crippen LogP contribution in [0.25, 0.3) is 16.8 Å². The van der Waals surface area contributed by atoms with E-state index < -0.39 is 0 Å². The molecule has 2 aromatic rings. The summed E-state index contributed by atoms with van der Waals surface area (Å²) in [6, 6.07) is 9.38. The molecule has 16 heavy (non-hydrogen) atoms. The Kier molecular flexibility index (Phi) is 1.98. The minimum absolute atomic E-state index is 0.285. The van der Waals surface area contributed by atoms with Crippen LogP contribution in [0.15, 0.2) is 36.4 Å². The highest BCUT2D eigenvalue weighted by Crippen LogP contribution is 2.29. The van der Waals surface area contributed by atoms with E-state index in [1.807, 2.05) is 30.4 Å². The first-order chi connectivity index (χ1) is 7.74. The molecule has 0 heterocycles. The Morgan fingerprint density at radius 3 is 2.88 bits per heavy atom. The number of rotatable bonds is 0. The van der Waals surface area contributed by atoms with E-state index in [4.69, 9.17) is 0 Å². The summed E-state index contributed by atoms with van der Waals surface area (Å²) in [5.41, 5.74) is 2.32. The van der Waals surface area contributed by atoms with E-state index in [1.54, 1.807) is 12.1 Å². The van der Waals surface area contributed by atoms with E-state index in [0.717, 1.165) is 21.9 Å². The second-order valence-electron chi connectivity index (χ2n) is 4.17. The van der Waals surface area contributed by atoms with Crippen LogP contribution in [-0.4, -0.2) is 16.3 Å². The molecule has 0 radical (unpaired) electrons. The van der Waals surface area contributed by atoms with Gasteiger partial charge in [-0.2, -0.15) is 0 Å². The molecular weight excluding hydrogens is 200 g/mol. The van der Waals surface area contributed by atoms with Crippen molar-refractivity contribution < 1.29 is 10.2 Å². The van der Waals surface area contributed by atoms with Crippen molar-refractivity contribution in [2.24, 2.45) is 0 Å². The average Bonchev–Trinajstić information content (AvgIpc) is 2.28. The van der Waals surface area contributed by atoms with Crippen LogP contribution in [0.4, 0.5) is 0 Å². The molecule has 0 saturated carbocycles. The van der Waals surface area contributed by atoms with Crippen LogP contribution in [0.1, 0.15) is 11.1 Å². The largest absolute Gasteiger partial charge is 0.508 e. The fraction of sp³-hybridized carbons (Fsp3) is 0.143. The second kappa shape index (κ2) is 3.35. The van der Waals surface area contributed by atoms with E-state index >= 15 is 0 Å². The highest BCUT2D eigenvalue weighted by Gasteiger charge is 2.13. The molecule has 2 nitrogen and oxygen atoms in total. The standard InChI is InChI=1S/C14H12O2/c15-11-3-5-13-9(7-11)1-2-10-8-12(16)4-6-14(10)13/h1-7,12,15-16H,8H2. The predicted octanol–water partition coefficient (Wildman–Crippen LogP) is 2.48. The van der Waals surface area contributed by atoms with Gasteiger partial charge in [0.2, 0.25) is 0 Å². The molecule has 2 heteroatoms. The maximum absolute atomic E-state index is 9.55. The summed E-state index contributed by atoms with van der Waals surface area (Å²) in [6.45, 7) is 0. The molecular formula is C14H12O2. The van der Waals surface area contributed by atoms with Crippen molar-refractivity contribution in [3.8, 4) is 5.75 Å². The quantitative estimate of drug-likeness (QED) is 0.704. The number of aliphatic hydroxyl groups is 1. The third-order valence-electron chi connectivity index (χ3n) is 3.05. The molecule has 0 aliphatic heterocycles. The monoisotopic (exact) mass is 212 g/mol. The van der Waals surface area contributed by atoms with Crippen LogP contribution in [0.2, 0.25) is 0 Å². The zero-order chi connectivity index (χ0) is 11.1. The highest BCUT2D eigenvalue weighted by molar-refractivity contribution is 5.93. The lowest BCUT2D eigenvalue weighted by Crippen LogP contribution is -2.11. The predicted molar refractivity (Wildman–Crippen MR) is 64.4 cm³/mol. The number of aliphatic hydroxyl groups excluding tert-OH is 1. The molecule has 0 amide bonds. The molecule has 1 aliphatic rings. The van der Waals surface area contributed by atoms with Crippen molar-refractivity contribution >= 4 is 16.8 Å². The molecule has 80 valence electrons. The summed E-state index contributed by atoms with van der Waals surface area (Å²) in [6.07, 6.45) is 4.07. The molecule has 0 spiro atoms. The summed E-state index contributed by atoms with van der Waals surface area (Å²) < 4.78 is 0. The SMILES string of the molecule is Oc1ccc2c3c(ccc2c1)CC(O)C=C3. The lowest BCUT2D eigenvalue weighted by atomic mass is 9.91. The fourth-order valence-corrected chi connectivity index (χ4v) is 2.26. The zero-order valence-corrected chi connectivity index (χ0v) is 8.72. The number of phenols is 1. The minimum Gasteiger partial charge on any atom is -0.508 e. The Labute approximate surface area is 93.5 Å². The van der Waals surface area contributed by atoms with Gasteiger partial charge < -0.3 is 10.2 Å². The number of fused-ring (bicyclic) bond motifs is 3. The van der Waals surface area contributed by atoms with Gasteiger partial charge in [0, 0.05) is 6.42 Å². The van der Waals surface area contributed by atoms with Crippen molar-refractivity contribution in [1.82, 2.24) is 0 Å². The van der Waals surface area contributed by atoms with Crippen molar-refractivity contribution in [3.05, 3.63) is 47.5 Å². The van der Waals surface area contributed by atoms with Crippen LogP contribution < -0.4 is 0 Å². The first kappa shape index (κ1) is 9.43. The molecule has 1 atom stereocenters. The number of hydrogen-bond acceptors (Lipinski definition) is 2. The minimum atomic E-state index is -0.373. The summed E-state index contributed by atoms with van der Waals surface area (Å²) in [7, 11) is 0. The third kappa shape index (κ3) is 1.39. The smallest absolute Gasteiger partial charge is 0.116 e. The topological polar surface area (TPSA) is 40.5 Å². The first-order valence-electron chi connectivity index (χ1n) is 5.35. The summed E-state index contributed by atoms with van der Waals surface area (Å²) >= 11 is 0. The van der Waals surface area contributed by atoms with Crippen molar-refractivity contribution in [2.45, 2.75) is 12.5 Å². The Morgan fingerprint density at radius 2 is 2.00 bits per heavy atom. The van der Waals surface area contributed by atoms with Crippen molar-refractivity contribution in [3.63, 3.8) is 0 Å². The molecule has 0 fully saturated rings. The molecule has 1 aliphatic carbocycles. The maximum atomic E-state index is 9.55. The molecule has 0 aromatic heterocycles. The van der Waals surface area contributed by atoms with Crippen molar-refractivity contribution in [1.29, 1.82) is 0 Å².